The lowest BCUT2D eigenvalue weighted by molar-refractivity contribution is -0.146. The molecule has 0 aromatic rings. The summed E-state index contributed by atoms with van der Waals surface area (Å²) in [5, 5.41) is 5.53. The quantitative estimate of drug-likeness (QED) is 0.493. The summed E-state index contributed by atoms with van der Waals surface area (Å²) < 4.78 is 10.3. The summed E-state index contributed by atoms with van der Waals surface area (Å²) in [6.45, 7) is 10.2. The van der Waals surface area contributed by atoms with Gasteiger partial charge in [0.15, 0.2) is 0 Å². The van der Waals surface area contributed by atoms with Gasteiger partial charge in [0, 0.05) is 18.6 Å². The standard InChI is InChI=1S/C20H35N3O6Si/c1-20(2,3)29-19(27)23-12-30(5,6)11-15(23)17(25)22-14(18(26)28-4)10-13-8-7-9-21-16(13)24/h13-15H,7-12H2,1-6H3,(H,21,24)(H,22,25)/t13-,14-,15-/m0/s1. The highest BCUT2D eigenvalue weighted by Gasteiger charge is 2.47. The number of carbonyl (C=O) groups is 4. The molecule has 9 nitrogen and oxygen atoms in total. The van der Waals surface area contributed by atoms with Crippen LogP contribution in [0.15, 0.2) is 0 Å². The molecule has 0 spiro atoms. The zero-order valence-corrected chi connectivity index (χ0v) is 19.9. The van der Waals surface area contributed by atoms with Crippen molar-refractivity contribution in [3.63, 3.8) is 0 Å². The Balaban J connectivity index is 2.14. The van der Waals surface area contributed by atoms with E-state index in [9.17, 15) is 19.2 Å². The number of ether oxygens (including phenoxy) is 2. The molecule has 10 heteroatoms. The fourth-order valence-electron chi connectivity index (χ4n) is 3.99. The molecule has 0 bridgehead atoms. The van der Waals surface area contributed by atoms with Crippen molar-refractivity contribution < 1.29 is 28.7 Å². The van der Waals surface area contributed by atoms with Gasteiger partial charge in [-0.3, -0.25) is 14.5 Å². The lowest BCUT2D eigenvalue weighted by Crippen LogP contribution is -2.53. The van der Waals surface area contributed by atoms with Crippen LogP contribution >= 0.6 is 0 Å². The highest BCUT2D eigenvalue weighted by molar-refractivity contribution is 6.79. The SMILES string of the molecule is COC(=O)[C@H](C[C@@H]1CCCNC1=O)NC(=O)[C@@H]1C[Si](C)(C)CN1C(=O)OC(C)(C)C. The van der Waals surface area contributed by atoms with Crippen molar-refractivity contribution in [1.82, 2.24) is 15.5 Å². The van der Waals surface area contributed by atoms with Gasteiger partial charge in [0.25, 0.3) is 0 Å². The van der Waals surface area contributed by atoms with Crippen LogP contribution in [-0.2, 0) is 23.9 Å². The van der Waals surface area contributed by atoms with E-state index < -0.39 is 43.7 Å². The minimum absolute atomic E-state index is 0.116. The molecule has 0 aliphatic carbocycles. The molecule has 2 aliphatic heterocycles. The first-order chi connectivity index (χ1) is 13.8. The average Bonchev–Trinajstić information content (AvgIpc) is 2.96. The summed E-state index contributed by atoms with van der Waals surface area (Å²) in [5.41, 5.74) is -0.671. The van der Waals surface area contributed by atoms with Gasteiger partial charge in [-0.25, -0.2) is 9.59 Å². The summed E-state index contributed by atoms with van der Waals surface area (Å²) >= 11 is 0. The molecule has 2 rings (SSSR count). The number of hydrogen-bond donors (Lipinski definition) is 2. The van der Waals surface area contributed by atoms with E-state index in [1.165, 1.54) is 12.0 Å². The van der Waals surface area contributed by atoms with Gasteiger partial charge in [-0.15, -0.1) is 0 Å². The Hall–Kier alpha value is -2.10. The molecule has 2 heterocycles. The van der Waals surface area contributed by atoms with Gasteiger partial charge in [-0.05, 0) is 46.1 Å². The lowest BCUT2D eigenvalue weighted by Gasteiger charge is -2.30. The second kappa shape index (κ2) is 9.36. The van der Waals surface area contributed by atoms with Crippen LogP contribution in [0.5, 0.6) is 0 Å². The number of hydrogen-bond acceptors (Lipinski definition) is 6. The monoisotopic (exact) mass is 441 g/mol. The minimum atomic E-state index is -1.82. The van der Waals surface area contributed by atoms with E-state index in [1.807, 2.05) is 0 Å². The molecular weight excluding hydrogens is 406 g/mol. The Labute approximate surface area is 179 Å². The molecule has 0 aromatic heterocycles. The number of esters is 1. The number of amides is 3. The van der Waals surface area contributed by atoms with Gasteiger partial charge >= 0.3 is 12.1 Å². The summed E-state index contributed by atoms with van der Waals surface area (Å²) in [5.74, 6) is -1.49. The molecule has 2 N–H and O–H groups in total. The van der Waals surface area contributed by atoms with Crippen LogP contribution in [0.25, 0.3) is 0 Å². The third-order valence-electron chi connectivity index (χ3n) is 5.37. The van der Waals surface area contributed by atoms with E-state index >= 15 is 0 Å². The van der Waals surface area contributed by atoms with Gasteiger partial charge in [-0.2, -0.15) is 0 Å². The molecule has 0 saturated carbocycles. The van der Waals surface area contributed by atoms with E-state index in [2.05, 4.69) is 23.7 Å². The van der Waals surface area contributed by atoms with Crippen molar-refractivity contribution in [3.8, 4) is 0 Å². The van der Waals surface area contributed by atoms with Crippen molar-refractivity contribution in [1.29, 1.82) is 0 Å². The number of carbonyl (C=O) groups excluding carboxylic acids is 4. The van der Waals surface area contributed by atoms with Gasteiger partial charge in [0.2, 0.25) is 11.8 Å². The van der Waals surface area contributed by atoms with Crippen LogP contribution < -0.4 is 10.6 Å². The number of rotatable bonds is 5. The van der Waals surface area contributed by atoms with Crippen LogP contribution in [0.2, 0.25) is 19.1 Å². The Morgan fingerprint density at radius 2 is 1.97 bits per heavy atom. The largest absolute Gasteiger partial charge is 0.467 e. The van der Waals surface area contributed by atoms with Crippen LogP contribution in [-0.4, -0.2) is 74.4 Å². The number of nitrogens with one attached hydrogen (secondary N) is 2. The second-order valence-corrected chi connectivity index (χ2v) is 15.0. The topological polar surface area (TPSA) is 114 Å². The summed E-state index contributed by atoms with van der Waals surface area (Å²) in [6, 6.07) is -1.06. The highest BCUT2D eigenvalue weighted by atomic mass is 28.3. The summed E-state index contributed by atoms with van der Waals surface area (Å²) in [7, 11) is -0.572. The van der Waals surface area contributed by atoms with Crippen molar-refractivity contribution in [2.24, 2.45) is 5.92 Å². The summed E-state index contributed by atoms with van der Waals surface area (Å²) in [4.78, 5) is 51.7. The molecule has 170 valence electrons. The second-order valence-electron chi connectivity index (χ2n) is 9.94. The Morgan fingerprint density at radius 3 is 2.53 bits per heavy atom. The van der Waals surface area contributed by atoms with Gasteiger partial charge in [-0.1, -0.05) is 13.1 Å². The number of nitrogens with zero attached hydrogens (tertiary/aromatic N) is 1. The minimum Gasteiger partial charge on any atom is -0.467 e. The normalized spacial score (nSPS) is 24.6. The van der Waals surface area contributed by atoms with Crippen molar-refractivity contribution in [2.75, 3.05) is 19.8 Å². The molecule has 3 atom stereocenters. The van der Waals surface area contributed by atoms with Gasteiger partial charge in [0.05, 0.1) is 15.2 Å². The predicted molar refractivity (Wildman–Crippen MR) is 113 cm³/mol. The number of piperidine rings is 1. The van der Waals surface area contributed by atoms with E-state index in [4.69, 9.17) is 9.47 Å². The Bertz CT molecular complexity index is 691. The molecular formula is C20H35N3O6Si. The van der Waals surface area contributed by atoms with Crippen molar-refractivity contribution >= 4 is 32.0 Å². The first-order valence-electron chi connectivity index (χ1n) is 10.5. The van der Waals surface area contributed by atoms with Crippen molar-refractivity contribution in [3.05, 3.63) is 0 Å². The molecule has 3 amide bonds. The van der Waals surface area contributed by atoms with E-state index in [0.717, 1.165) is 6.42 Å². The maximum absolute atomic E-state index is 13.1. The molecule has 2 saturated heterocycles. The third kappa shape index (κ3) is 6.45. The predicted octanol–water partition coefficient (Wildman–Crippen LogP) is 1.43. The van der Waals surface area contributed by atoms with Gasteiger partial charge in [0.1, 0.15) is 17.7 Å². The molecule has 2 aliphatic rings. The summed E-state index contributed by atoms with van der Waals surface area (Å²) in [6.07, 6.45) is 1.63. The maximum atomic E-state index is 13.1. The number of methoxy groups -OCH3 is 1. The first-order valence-corrected chi connectivity index (χ1v) is 13.9. The molecule has 2 fully saturated rings. The molecule has 0 unspecified atom stereocenters. The van der Waals surface area contributed by atoms with Crippen molar-refractivity contribution in [2.45, 2.75) is 76.9 Å². The zero-order chi connectivity index (χ0) is 22.7. The zero-order valence-electron chi connectivity index (χ0n) is 18.9. The van der Waals surface area contributed by atoms with E-state index in [1.54, 1.807) is 20.8 Å². The third-order valence-corrected chi connectivity index (χ3v) is 8.06. The molecule has 0 aromatic carbocycles. The van der Waals surface area contributed by atoms with Crippen LogP contribution in [0.4, 0.5) is 4.79 Å². The van der Waals surface area contributed by atoms with E-state index in [0.29, 0.717) is 25.2 Å². The highest BCUT2D eigenvalue weighted by Crippen LogP contribution is 2.29. The Kier molecular flexibility index (Phi) is 7.54. The fourth-order valence-corrected chi connectivity index (χ4v) is 6.84. The average molecular weight is 442 g/mol. The Morgan fingerprint density at radius 1 is 1.30 bits per heavy atom. The smallest absolute Gasteiger partial charge is 0.410 e. The molecule has 0 radical (unpaired) electrons. The van der Waals surface area contributed by atoms with Gasteiger partial charge < -0.3 is 20.1 Å². The lowest BCUT2D eigenvalue weighted by atomic mass is 9.91. The van der Waals surface area contributed by atoms with Crippen LogP contribution in [0, 0.1) is 5.92 Å². The first kappa shape index (κ1) is 24.2. The van der Waals surface area contributed by atoms with Crippen LogP contribution in [0.3, 0.4) is 0 Å². The molecule has 30 heavy (non-hydrogen) atoms. The fraction of sp³-hybridized carbons (Fsp3) is 0.800. The van der Waals surface area contributed by atoms with E-state index in [-0.39, 0.29) is 18.2 Å². The van der Waals surface area contributed by atoms with Crippen LogP contribution in [0.1, 0.15) is 40.0 Å². The maximum Gasteiger partial charge on any atom is 0.410 e.